The Balaban J connectivity index is 1.61. The Morgan fingerprint density at radius 3 is 1.43 bits per heavy atom. The molecule has 1 aliphatic rings. The van der Waals surface area contributed by atoms with Crippen LogP contribution < -0.4 is 0 Å². The first-order chi connectivity index (χ1) is 19.1. The Morgan fingerprint density at radius 1 is 0.600 bits per heavy atom. The molecular formula is C29H28F6O5. The van der Waals surface area contributed by atoms with E-state index < -0.39 is 43.1 Å². The molecular weight excluding hydrogens is 542 g/mol. The largest absolute Gasteiger partial charge is 0.423 e. The molecule has 0 aliphatic carbocycles. The molecule has 1 fully saturated rings. The molecule has 0 radical (unpaired) electrons. The Hall–Kier alpha value is -2.96. The number of rotatable bonds is 11. The smallest absolute Gasteiger partial charge is 0.368 e. The van der Waals surface area contributed by atoms with Crippen molar-refractivity contribution in [3.63, 3.8) is 0 Å². The van der Waals surface area contributed by atoms with Gasteiger partial charge in [0.2, 0.25) is 0 Å². The summed E-state index contributed by atoms with van der Waals surface area (Å²) < 4.78 is 108. The standard InChI is InChI=1S/C29H28F6O5/c30-28(31,32)27(29(33,34)35)40-26-25(38-18-22-14-8-3-9-15-22)24(37-17-21-12-6-2-7-13-21)23(19-39-26)36-16-20-10-4-1-5-11-20/h1-15,23-27H,16-19H2/t23-,24+,25-,26-/m1/s1. The zero-order valence-electron chi connectivity index (χ0n) is 21.2. The SMILES string of the molecule is FC(F)(F)C(O[C@H]1OC[C@@H](OCc2ccccc2)[C@H](OCc2ccccc2)[C@H]1OCc1ccccc1)C(F)(F)F. The van der Waals surface area contributed by atoms with Gasteiger partial charge in [0.05, 0.1) is 26.4 Å². The van der Waals surface area contributed by atoms with Crippen LogP contribution >= 0.6 is 0 Å². The molecule has 4 atom stereocenters. The van der Waals surface area contributed by atoms with Crippen molar-refractivity contribution in [2.24, 2.45) is 0 Å². The van der Waals surface area contributed by atoms with Gasteiger partial charge in [-0.2, -0.15) is 26.3 Å². The van der Waals surface area contributed by atoms with Gasteiger partial charge in [0.15, 0.2) is 6.29 Å². The first-order valence-electron chi connectivity index (χ1n) is 12.5. The van der Waals surface area contributed by atoms with Gasteiger partial charge >= 0.3 is 12.4 Å². The van der Waals surface area contributed by atoms with Crippen molar-refractivity contribution in [1.29, 1.82) is 0 Å². The molecule has 1 heterocycles. The van der Waals surface area contributed by atoms with E-state index in [4.69, 9.17) is 18.9 Å². The molecule has 0 aromatic heterocycles. The molecule has 216 valence electrons. The summed E-state index contributed by atoms with van der Waals surface area (Å²) in [5, 5.41) is 0. The minimum Gasteiger partial charge on any atom is -0.368 e. The quantitative estimate of drug-likeness (QED) is 0.243. The maximum atomic E-state index is 13.4. The number of alkyl halides is 6. The van der Waals surface area contributed by atoms with Crippen LogP contribution in [0, 0.1) is 0 Å². The third kappa shape index (κ3) is 8.52. The van der Waals surface area contributed by atoms with Crippen molar-refractivity contribution in [3.8, 4) is 0 Å². The van der Waals surface area contributed by atoms with Crippen molar-refractivity contribution in [2.75, 3.05) is 6.61 Å². The minimum absolute atomic E-state index is 0.00338. The average molecular weight is 571 g/mol. The van der Waals surface area contributed by atoms with Crippen molar-refractivity contribution >= 4 is 0 Å². The Kier molecular flexibility index (Phi) is 10.2. The van der Waals surface area contributed by atoms with Gasteiger partial charge in [-0.1, -0.05) is 91.0 Å². The molecule has 3 aromatic carbocycles. The average Bonchev–Trinajstić information content (AvgIpc) is 2.93. The molecule has 1 saturated heterocycles. The number of halogens is 6. The fourth-order valence-electron chi connectivity index (χ4n) is 4.17. The summed E-state index contributed by atoms with van der Waals surface area (Å²) in [6.45, 7) is -0.431. The Labute approximate surface area is 227 Å². The maximum Gasteiger partial charge on any atom is 0.423 e. The second-order valence-corrected chi connectivity index (χ2v) is 9.16. The molecule has 4 rings (SSSR count). The Bertz CT molecular complexity index is 1130. The van der Waals surface area contributed by atoms with E-state index in [0.29, 0.717) is 5.56 Å². The molecule has 1 aliphatic heterocycles. The lowest BCUT2D eigenvalue weighted by Gasteiger charge is -2.43. The number of hydrogen-bond donors (Lipinski definition) is 0. The van der Waals surface area contributed by atoms with Crippen LogP contribution in [0.1, 0.15) is 16.7 Å². The van der Waals surface area contributed by atoms with Crippen LogP contribution in [0.15, 0.2) is 91.0 Å². The minimum atomic E-state index is -5.73. The normalized spacial score (nSPS) is 22.0. The zero-order chi connectivity index (χ0) is 28.6. The van der Waals surface area contributed by atoms with Crippen LogP contribution in [0.3, 0.4) is 0 Å². The summed E-state index contributed by atoms with van der Waals surface area (Å²) in [4.78, 5) is 0. The topological polar surface area (TPSA) is 46.2 Å². The summed E-state index contributed by atoms with van der Waals surface area (Å²) in [6, 6.07) is 26.6. The van der Waals surface area contributed by atoms with Crippen LogP contribution in [0.5, 0.6) is 0 Å². The number of hydrogen-bond acceptors (Lipinski definition) is 5. The second-order valence-electron chi connectivity index (χ2n) is 9.16. The highest BCUT2D eigenvalue weighted by Gasteiger charge is 2.60. The molecule has 0 N–H and O–H groups in total. The predicted octanol–water partition coefficient (Wildman–Crippen LogP) is 6.61. The first kappa shape index (κ1) is 30.0. The van der Waals surface area contributed by atoms with E-state index in [-0.39, 0.29) is 26.4 Å². The molecule has 0 bridgehead atoms. The van der Waals surface area contributed by atoms with Crippen molar-refractivity contribution in [1.82, 2.24) is 0 Å². The van der Waals surface area contributed by atoms with Crippen molar-refractivity contribution in [3.05, 3.63) is 108 Å². The molecule has 3 aromatic rings. The van der Waals surface area contributed by atoms with Crippen LogP contribution in [0.4, 0.5) is 26.3 Å². The highest BCUT2D eigenvalue weighted by molar-refractivity contribution is 5.15. The predicted molar refractivity (Wildman–Crippen MR) is 132 cm³/mol. The number of ether oxygens (including phenoxy) is 5. The van der Waals surface area contributed by atoms with E-state index in [0.717, 1.165) is 11.1 Å². The van der Waals surface area contributed by atoms with Crippen LogP contribution in [0.2, 0.25) is 0 Å². The third-order valence-corrected chi connectivity index (χ3v) is 6.13. The van der Waals surface area contributed by atoms with Gasteiger partial charge in [0, 0.05) is 0 Å². The monoisotopic (exact) mass is 570 g/mol. The lowest BCUT2D eigenvalue weighted by atomic mass is 10.0. The van der Waals surface area contributed by atoms with E-state index in [2.05, 4.69) is 4.74 Å². The van der Waals surface area contributed by atoms with E-state index in [1.54, 1.807) is 60.7 Å². The number of benzene rings is 3. The maximum absolute atomic E-state index is 13.4. The van der Waals surface area contributed by atoms with Crippen LogP contribution in [-0.2, 0) is 43.5 Å². The summed E-state index contributed by atoms with van der Waals surface area (Å²) in [5.41, 5.74) is 2.18. The molecule has 0 saturated carbocycles. The van der Waals surface area contributed by atoms with Gasteiger partial charge in [-0.05, 0) is 16.7 Å². The van der Waals surface area contributed by atoms with E-state index in [1.165, 1.54) is 0 Å². The summed E-state index contributed by atoms with van der Waals surface area (Å²) in [7, 11) is 0. The molecule has 0 spiro atoms. The van der Waals surface area contributed by atoms with Crippen LogP contribution in [-0.4, -0.2) is 49.7 Å². The second kappa shape index (κ2) is 13.6. The van der Waals surface area contributed by atoms with Gasteiger partial charge in [-0.3, -0.25) is 0 Å². The zero-order valence-corrected chi connectivity index (χ0v) is 21.2. The fraction of sp³-hybridized carbons (Fsp3) is 0.379. The van der Waals surface area contributed by atoms with Gasteiger partial charge in [0.25, 0.3) is 6.10 Å². The summed E-state index contributed by atoms with van der Waals surface area (Å²) in [6.07, 6.45) is -21.1. The van der Waals surface area contributed by atoms with E-state index in [9.17, 15) is 26.3 Å². The van der Waals surface area contributed by atoms with Crippen molar-refractivity contribution < 1.29 is 50.0 Å². The lowest BCUT2D eigenvalue weighted by molar-refractivity contribution is -0.382. The van der Waals surface area contributed by atoms with Gasteiger partial charge < -0.3 is 23.7 Å². The molecule has 0 amide bonds. The molecule has 11 heteroatoms. The molecule has 40 heavy (non-hydrogen) atoms. The first-order valence-corrected chi connectivity index (χ1v) is 12.5. The fourth-order valence-corrected chi connectivity index (χ4v) is 4.17. The van der Waals surface area contributed by atoms with E-state index >= 15 is 0 Å². The lowest BCUT2D eigenvalue weighted by Crippen LogP contribution is -2.59. The van der Waals surface area contributed by atoms with Gasteiger partial charge in [0.1, 0.15) is 18.3 Å². The summed E-state index contributed by atoms with van der Waals surface area (Å²) in [5.74, 6) is 0. The summed E-state index contributed by atoms with van der Waals surface area (Å²) >= 11 is 0. The van der Waals surface area contributed by atoms with Crippen LogP contribution in [0.25, 0.3) is 0 Å². The highest BCUT2D eigenvalue weighted by Crippen LogP contribution is 2.38. The molecule has 0 unspecified atom stereocenters. The van der Waals surface area contributed by atoms with Gasteiger partial charge in [-0.25, -0.2) is 0 Å². The highest BCUT2D eigenvalue weighted by atomic mass is 19.4. The molecule has 5 nitrogen and oxygen atoms in total. The van der Waals surface area contributed by atoms with Crippen molar-refractivity contribution in [2.45, 2.75) is 62.9 Å². The third-order valence-electron chi connectivity index (χ3n) is 6.13. The van der Waals surface area contributed by atoms with Gasteiger partial charge in [-0.15, -0.1) is 0 Å². The Morgan fingerprint density at radius 2 is 1.00 bits per heavy atom. The van der Waals surface area contributed by atoms with E-state index in [1.807, 2.05) is 30.3 Å².